The summed E-state index contributed by atoms with van der Waals surface area (Å²) in [6.07, 6.45) is 5.43. The van der Waals surface area contributed by atoms with Crippen molar-refractivity contribution in [2.24, 2.45) is 0 Å². The van der Waals surface area contributed by atoms with Gasteiger partial charge >= 0.3 is 0 Å². The van der Waals surface area contributed by atoms with Crippen LogP contribution in [0.5, 0.6) is 0 Å². The Morgan fingerprint density at radius 3 is 3.07 bits per heavy atom. The van der Waals surface area contributed by atoms with Crippen molar-refractivity contribution in [1.82, 2.24) is 9.88 Å². The van der Waals surface area contributed by atoms with Gasteiger partial charge in [-0.15, -0.1) is 0 Å². The third-order valence-electron chi connectivity index (χ3n) is 1.94. The van der Waals surface area contributed by atoms with Crippen LogP contribution in [0.4, 0.5) is 0 Å². The summed E-state index contributed by atoms with van der Waals surface area (Å²) >= 11 is 5.64. The van der Waals surface area contributed by atoms with Crippen molar-refractivity contribution in [3.8, 4) is 0 Å². The molecule has 0 aromatic carbocycles. The second kappa shape index (κ2) is 5.89. The van der Waals surface area contributed by atoms with Crippen molar-refractivity contribution in [2.75, 3.05) is 6.54 Å². The van der Waals surface area contributed by atoms with Crippen LogP contribution in [-0.4, -0.2) is 11.1 Å². The minimum absolute atomic E-state index is 0.651. The molecule has 78 valence electrons. The Kier molecular flexibility index (Phi) is 4.77. The van der Waals surface area contributed by atoms with Gasteiger partial charge in [0.25, 0.3) is 0 Å². The van der Waals surface area contributed by atoms with Gasteiger partial charge in [-0.25, -0.2) is 0 Å². The molecule has 2 nitrogen and oxygen atoms in total. The summed E-state index contributed by atoms with van der Waals surface area (Å²) in [6.45, 7) is 8.40. The molecule has 14 heavy (non-hydrogen) atoms. The minimum atomic E-state index is 0.651. The van der Waals surface area contributed by atoms with Gasteiger partial charge in [0.1, 0.15) is 0 Å². The summed E-state index contributed by atoms with van der Waals surface area (Å²) in [5.74, 6) is 0. The molecule has 0 amide bonds. The van der Waals surface area contributed by atoms with Crippen molar-refractivity contribution < 1.29 is 0 Å². The maximum Gasteiger partial charge on any atom is 0.0310 e. The summed E-state index contributed by atoms with van der Waals surface area (Å²) in [5.41, 5.74) is 1.29. The number of hydrogen-bond donors (Lipinski definition) is 1. The average Bonchev–Trinajstić information content (AvgIpc) is 2.53. The lowest BCUT2D eigenvalue weighted by Gasteiger charge is -2.01. The van der Waals surface area contributed by atoms with Crippen LogP contribution in [0.25, 0.3) is 0 Å². The Bertz CT molecular complexity index is 291. The highest BCUT2D eigenvalue weighted by Crippen LogP contribution is 2.02. The molecule has 0 radical (unpaired) electrons. The lowest BCUT2D eigenvalue weighted by atomic mass is 10.3. The Balaban J connectivity index is 2.32. The zero-order chi connectivity index (χ0) is 10.4. The first-order valence-corrected chi connectivity index (χ1v) is 5.29. The van der Waals surface area contributed by atoms with E-state index in [1.54, 1.807) is 0 Å². The second-order valence-electron chi connectivity index (χ2n) is 3.38. The van der Waals surface area contributed by atoms with Gasteiger partial charge in [-0.2, -0.15) is 0 Å². The van der Waals surface area contributed by atoms with Crippen LogP contribution in [0.15, 0.2) is 30.1 Å². The zero-order valence-corrected chi connectivity index (χ0v) is 9.35. The van der Waals surface area contributed by atoms with E-state index in [0.29, 0.717) is 11.6 Å². The van der Waals surface area contributed by atoms with Gasteiger partial charge in [0, 0.05) is 37.1 Å². The number of halogens is 1. The standard InChI is InChI=1S/C11H17ClN2/c1-3-5-14-6-4-11(9-14)8-13-7-10(2)12/h4,6,9,13H,2-3,5,7-8H2,1H3. The van der Waals surface area contributed by atoms with E-state index in [-0.39, 0.29) is 0 Å². The van der Waals surface area contributed by atoms with E-state index >= 15 is 0 Å². The number of nitrogens with one attached hydrogen (secondary N) is 1. The first-order chi connectivity index (χ1) is 6.72. The fourth-order valence-corrected chi connectivity index (χ4v) is 1.43. The highest BCUT2D eigenvalue weighted by atomic mass is 35.5. The van der Waals surface area contributed by atoms with Crippen LogP contribution < -0.4 is 5.32 Å². The van der Waals surface area contributed by atoms with E-state index in [4.69, 9.17) is 11.6 Å². The normalized spacial score (nSPS) is 10.4. The van der Waals surface area contributed by atoms with Crippen LogP contribution in [0.3, 0.4) is 0 Å². The molecule has 1 N–H and O–H groups in total. The predicted octanol–water partition coefficient (Wildman–Crippen LogP) is 2.74. The summed E-state index contributed by atoms with van der Waals surface area (Å²) in [5, 5.41) is 3.86. The maximum absolute atomic E-state index is 5.64. The van der Waals surface area contributed by atoms with Crippen LogP contribution in [-0.2, 0) is 13.1 Å². The van der Waals surface area contributed by atoms with Crippen molar-refractivity contribution in [3.05, 3.63) is 35.6 Å². The topological polar surface area (TPSA) is 17.0 Å². The molecule has 3 heteroatoms. The van der Waals surface area contributed by atoms with E-state index in [9.17, 15) is 0 Å². The molecule has 0 atom stereocenters. The molecule has 0 saturated heterocycles. The van der Waals surface area contributed by atoms with Crippen LogP contribution in [0.2, 0.25) is 0 Å². The molecule has 1 aromatic heterocycles. The molecule has 0 aliphatic carbocycles. The van der Waals surface area contributed by atoms with Gasteiger partial charge in [-0.05, 0) is 18.1 Å². The van der Waals surface area contributed by atoms with E-state index in [0.717, 1.165) is 13.1 Å². The van der Waals surface area contributed by atoms with Gasteiger partial charge in [0.05, 0.1) is 0 Å². The molecule has 1 rings (SSSR count). The number of nitrogens with zero attached hydrogens (tertiary/aromatic N) is 1. The Morgan fingerprint density at radius 1 is 1.64 bits per heavy atom. The van der Waals surface area contributed by atoms with Crippen LogP contribution >= 0.6 is 11.6 Å². The van der Waals surface area contributed by atoms with Gasteiger partial charge in [0.2, 0.25) is 0 Å². The monoisotopic (exact) mass is 212 g/mol. The maximum atomic E-state index is 5.64. The molecule has 0 aliphatic heterocycles. The van der Waals surface area contributed by atoms with Gasteiger partial charge < -0.3 is 9.88 Å². The molecule has 0 spiro atoms. The van der Waals surface area contributed by atoms with E-state index in [2.05, 4.69) is 41.8 Å². The lowest BCUT2D eigenvalue weighted by molar-refractivity contribution is 0.677. The molecule has 1 aromatic rings. The van der Waals surface area contributed by atoms with Crippen molar-refractivity contribution in [1.29, 1.82) is 0 Å². The Hall–Kier alpha value is -0.730. The first-order valence-electron chi connectivity index (χ1n) is 4.91. The number of aryl methyl sites for hydroxylation is 1. The molecule has 0 unspecified atom stereocenters. The number of aromatic nitrogens is 1. The molecule has 1 heterocycles. The van der Waals surface area contributed by atoms with E-state index in [1.807, 2.05) is 0 Å². The summed E-state index contributed by atoms with van der Waals surface area (Å²) in [6, 6.07) is 2.12. The Morgan fingerprint density at radius 2 is 2.43 bits per heavy atom. The number of hydrogen-bond acceptors (Lipinski definition) is 1. The van der Waals surface area contributed by atoms with Gasteiger partial charge in [0.15, 0.2) is 0 Å². The zero-order valence-electron chi connectivity index (χ0n) is 8.59. The Labute approximate surface area is 90.6 Å². The summed E-state index contributed by atoms with van der Waals surface area (Å²) in [7, 11) is 0. The first kappa shape index (κ1) is 11.3. The fourth-order valence-electron chi connectivity index (χ4n) is 1.33. The number of rotatable bonds is 6. The highest BCUT2D eigenvalue weighted by Gasteiger charge is 1.96. The summed E-state index contributed by atoms with van der Waals surface area (Å²) < 4.78 is 2.20. The fraction of sp³-hybridized carbons (Fsp3) is 0.455. The molecule has 0 aliphatic rings. The molecular weight excluding hydrogens is 196 g/mol. The van der Waals surface area contributed by atoms with Crippen molar-refractivity contribution in [2.45, 2.75) is 26.4 Å². The van der Waals surface area contributed by atoms with Gasteiger partial charge in [-0.3, -0.25) is 0 Å². The van der Waals surface area contributed by atoms with Crippen molar-refractivity contribution in [3.63, 3.8) is 0 Å². The SMILES string of the molecule is C=C(Cl)CNCc1ccn(CCC)c1. The van der Waals surface area contributed by atoms with Crippen molar-refractivity contribution >= 4 is 11.6 Å². The molecule has 0 saturated carbocycles. The van der Waals surface area contributed by atoms with Gasteiger partial charge in [-0.1, -0.05) is 25.1 Å². The predicted molar refractivity (Wildman–Crippen MR) is 61.4 cm³/mol. The lowest BCUT2D eigenvalue weighted by Crippen LogP contribution is -2.14. The largest absolute Gasteiger partial charge is 0.354 e. The smallest absolute Gasteiger partial charge is 0.0310 e. The van der Waals surface area contributed by atoms with Crippen LogP contribution in [0.1, 0.15) is 18.9 Å². The molecular formula is C11H17ClN2. The van der Waals surface area contributed by atoms with Crippen LogP contribution in [0, 0.1) is 0 Å². The third-order valence-corrected chi connectivity index (χ3v) is 2.07. The minimum Gasteiger partial charge on any atom is -0.354 e. The molecule has 0 bridgehead atoms. The second-order valence-corrected chi connectivity index (χ2v) is 3.91. The van der Waals surface area contributed by atoms with E-state index in [1.165, 1.54) is 12.0 Å². The quantitative estimate of drug-likeness (QED) is 0.768. The van der Waals surface area contributed by atoms with E-state index < -0.39 is 0 Å². The average molecular weight is 213 g/mol. The highest BCUT2D eigenvalue weighted by molar-refractivity contribution is 6.29. The third kappa shape index (κ3) is 3.99. The summed E-state index contributed by atoms with van der Waals surface area (Å²) in [4.78, 5) is 0. The molecule has 0 fully saturated rings.